The number of imide groups is 1. The van der Waals surface area contributed by atoms with Gasteiger partial charge in [0.15, 0.2) is 0 Å². The standard InChI is InChI=1S/C12H8FNO4/c1-6-4-10(15)14(11(6)16)9-3-2-7(12(17)18)5-8(9)13/h2-5H,1H3,(H,17,18)/p-1. The lowest BCUT2D eigenvalue weighted by molar-refractivity contribution is -0.255. The molecule has 0 spiro atoms. The number of amides is 2. The highest BCUT2D eigenvalue weighted by Crippen LogP contribution is 2.25. The first-order valence-corrected chi connectivity index (χ1v) is 4.99. The topological polar surface area (TPSA) is 77.5 Å². The van der Waals surface area contributed by atoms with Gasteiger partial charge in [-0.05, 0) is 19.1 Å². The number of halogens is 1. The summed E-state index contributed by atoms with van der Waals surface area (Å²) in [4.78, 5) is 34.3. The second-order valence-corrected chi connectivity index (χ2v) is 3.76. The Morgan fingerprint density at radius 2 is 2.00 bits per heavy atom. The van der Waals surface area contributed by atoms with E-state index in [0.717, 1.165) is 18.2 Å². The van der Waals surface area contributed by atoms with Gasteiger partial charge in [-0.2, -0.15) is 0 Å². The zero-order valence-corrected chi connectivity index (χ0v) is 9.27. The van der Waals surface area contributed by atoms with Crippen molar-refractivity contribution in [2.24, 2.45) is 0 Å². The van der Waals surface area contributed by atoms with Crippen molar-refractivity contribution in [2.45, 2.75) is 6.92 Å². The van der Waals surface area contributed by atoms with Crippen molar-refractivity contribution in [2.75, 3.05) is 4.90 Å². The summed E-state index contributed by atoms with van der Waals surface area (Å²) in [7, 11) is 0. The van der Waals surface area contributed by atoms with Gasteiger partial charge in [-0.1, -0.05) is 6.07 Å². The molecular weight excluding hydrogens is 241 g/mol. The molecule has 1 aliphatic rings. The monoisotopic (exact) mass is 248 g/mol. The first-order chi connectivity index (χ1) is 8.41. The lowest BCUT2D eigenvalue weighted by Gasteiger charge is -2.16. The highest BCUT2D eigenvalue weighted by atomic mass is 19.1. The Labute approximate surface area is 101 Å². The number of rotatable bonds is 2. The van der Waals surface area contributed by atoms with E-state index in [-0.39, 0.29) is 16.8 Å². The Bertz CT molecular complexity index is 606. The maximum absolute atomic E-state index is 13.7. The Morgan fingerprint density at radius 1 is 1.33 bits per heavy atom. The third-order valence-electron chi connectivity index (χ3n) is 2.53. The number of carbonyl (C=O) groups is 3. The molecule has 18 heavy (non-hydrogen) atoms. The van der Waals surface area contributed by atoms with Crippen LogP contribution in [0.25, 0.3) is 0 Å². The molecule has 1 heterocycles. The SMILES string of the molecule is CC1=CC(=O)N(c2ccc(C(=O)[O-])cc2F)C1=O. The lowest BCUT2D eigenvalue weighted by atomic mass is 10.2. The van der Waals surface area contributed by atoms with E-state index in [2.05, 4.69) is 0 Å². The quantitative estimate of drug-likeness (QED) is 0.690. The van der Waals surface area contributed by atoms with Crippen LogP contribution in [0, 0.1) is 5.82 Å². The number of benzene rings is 1. The summed E-state index contributed by atoms with van der Waals surface area (Å²) in [5.74, 6) is -3.78. The molecular formula is C12H7FNO4-. The van der Waals surface area contributed by atoms with E-state index in [1.807, 2.05) is 0 Å². The van der Waals surface area contributed by atoms with Crippen LogP contribution in [0.5, 0.6) is 0 Å². The summed E-state index contributed by atoms with van der Waals surface area (Å²) in [6.07, 6.45) is 1.09. The molecule has 92 valence electrons. The Kier molecular flexibility index (Phi) is 2.70. The van der Waals surface area contributed by atoms with Crippen molar-refractivity contribution in [1.82, 2.24) is 0 Å². The highest BCUT2D eigenvalue weighted by Gasteiger charge is 2.31. The number of nitrogens with zero attached hydrogens (tertiary/aromatic N) is 1. The molecule has 5 nitrogen and oxygen atoms in total. The van der Waals surface area contributed by atoms with Gasteiger partial charge in [0.1, 0.15) is 5.82 Å². The number of carboxylic acid groups (broad SMARTS) is 1. The fraction of sp³-hybridized carbons (Fsp3) is 0.0833. The molecule has 0 saturated heterocycles. The first kappa shape index (κ1) is 12.0. The minimum atomic E-state index is -1.53. The molecule has 1 aromatic rings. The number of hydrogen-bond donors (Lipinski definition) is 0. The number of hydrogen-bond acceptors (Lipinski definition) is 4. The van der Waals surface area contributed by atoms with Crippen LogP contribution >= 0.6 is 0 Å². The van der Waals surface area contributed by atoms with Crippen molar-refractivity contribution in [3.63, 3.8) is 0 Å². The highest BCUT2D eigenvalue weighted by molar-refractivity contribution is 6.30. The average molecular weight is 248 g/mol. The molecule has 2 amide bonds. The molecule has 0 N–H and O–H groups in total. The molecule has 0 unspecified atom stereocenters. The Hall–Kier alpha value is -2.50. The van der Waals surface area contributed by atoms with Gasteiger partial charge in [-0.25, -0.2) is 9.29 Å². The average Bonchev–Trinajstić information content (AvgIpc) is 2.54. The van der Waals surface area contributed by atoms with Crippen LogP contribution in [-0.4, -0.2) is 17.8 Å². The molecule has 0 aliphatic carbocycles. The fourth-order valence-electron chi connectivity index (χ4n) is 1.63. The maximum Gasteiger partial charge on any atom is 0.261 e. The van der Waals surface area contributed by atoms with Gasteiger partial charge in [-0.15, -0.1) is 0 Å². The predicted octanol–water partition coefficient (Wildman–Crippen LogP) is 0.00870. The number of carboxylic acids is 1. The zero-order valence-electron chi connectivity index (χ0n) is 9.27. The minimum Gasteiger partial charge on any atom is -0.545 e. The van der Waals surface area contributed by atoms with E-state index in [1.165, 1.54) is 6.92 Å². The van der Waals surface area contributed by atoms with Gasteiger partial charge >= 0.3 is 0 Å². The van der Waals surface area contributed by atoms with Gasteiger partial charge in [0.25, 0.3) is 11.8 Å². The molecule has 0 aromatic heterocycles. The zero-order chi connectivity index (χ0) is 13.4. The van der Waals surface area contributed by atoms with Crippen molar-refractivity contribution in [1.29, 1.82) is 0 Å². The van der Waals surface area contributed by atoms with Crippen LogP contribution in [-0.2, 0) is 9.59 Å². The second kappa shape index (κ2) is 4.06. The normalized spacial score (nSPS) is 15.0. The molecule has 0 bridgehead atoms. The van der Waals surface area contributed by atoms with E-state index in [4.69, 9.17) is 0 Å². The molecule has 2 rings (SSSR count). The summed E-state index contributed by atoms with van der Waals surface area (Å²) in [5, 5.41) is 10.5. The van der Waals surface area contributed by atoms with Crippen molar-refractivity contribution in [3.8, 4) is 0 Å². The van der Waals surface area contributed by atoms with Crippen molar-refractivity contribution in [3.05, 3.63) is 41.2 Å². The third-order valence-corrected chi connectivity index (χ3v) is 2.53. The Balaban J connectivity index is 2.45. The van der Waals surface area contributed by atoms with Crippen LogP contribution in [0.4, 0.5) is 10.1 Å². The molecule has 0 atom stereocenters. The predicted molar refractivity (Wildman–Crippen MR) is 57.0 cm³/mol. The first-order valence-electron chi connectivity index (χ1n) is 4.99. The Morgan fingerprint density at radius 3 is 2.44 bits per heavy atom. The molecule has 6 heteroatoms. The van der Waals surface area contributed by atoms with Gasteiger partial charge < -0.3 is 9.90 Å². The fourth-order valence-corrected chi connectivity index (χ4v) is 1.63. The van der Waals surface area contributed by atoms with Crippen LogP contribution in [0.15, 0.2) is 29.8 Å². The molecule has 1 aliphatic heterocycles. The summed E-state index contributed by atoms with van der Waals surface area (Å²) in [6.45, 7) is 1.44. The molecule has 0 radical (unpaired) electrons. The summed E-state index contributed by atoms with van der Waals surface area (Å²) >= 11 is 0. The summed E-state index contributed by atoms with van der Waals surface area (Å²) in [5.41, 5.74) is -0.438. The van der Waals surface area contributed by atoms with Crippen LogP contribution < -0.4 is 10.0 Å². The van der Waals surface area contributed by atoms with E-state index in [9.17, 15) is 23.9 Å². The maximum atomic E-state index is 13.7. The van der Waals surface area contributed by atoms with Gasteiger partial charge in [-0.3, -0.25) is 9.59 Å². The van der Waals surface area contributed by atoms with E-state index < -0.39 is 23.6 Å². The number of anilines is 1. The van der Waals surface area contributed by atoms with Crippen LogP contribution in [0.1, 0.15) is 17.3 Å². The van der Waals surface area contributed by atoms with E-state index >= 15 is 0 Å². The largest absolute Gasteiger partial charge is 0.545 e. The third kappa shape index (κ3) is 1.77. The molecule has 1 aromatic carbocycles. The second-order valence-electron chi connectivity index (χ2n) is 3.76. The smallest absolute Gasteiger partial charge is 0.261 e. The van der Waals surface area contributed by atoms with Crippen LogP contribution in [0.2, 0.25) is 0 Å². The molecule has 0 fully saturated rings. The number of carbonyl (C=O) groups excluding carboxylic acids is 3. The number of aromatic carboxylic acids is 1. The van der Waals surface area contributed by atoms with Crippen LogP contribution in [0.3, 0.4) is 0 Å². The molecule has 0 saturated carbocycles. The lowest BCUT2D eigenvalue weighted by Crippen LogP contribution is -2.31. The van der Waals surface area contributed by atoms with E-state index in [0.29, 0.717) is 11.0 Å². The van der Waals surface area contributed by atoms with E-state index in [1.54, 1.807) is 0 Å². The van der Waals surface area contributed by atoms with Crippen molar-refractivity contribution >= 4 is 23.5 Å². The minimum absolute atomic E-state index is 0.198. The van der Waals surface area contributed by atoms with Gasteiger partial charge in [0.2, 0.25) is 0 Å². The summed E-state index contributed by atoms with van der Waals surface area (Å²) < 4.78 is 13.7. The van der Waals surface area contributed by atoms with Gasteiger partial charge in [0.05, 0.1) is 11.7 Å². The van der Waals surface area contributed by atoms with Gasteiger partial charge in [0, 0.05) is 17.2 Å². The van der Waals surface area contributed by atoms with Crippen molar-refractivity contribution < 1.29 is 23.9 Å². The summed E-state index contributed by atoms with van der Waals surface area (Å²) in [6, 6.07) is 2.84.